The van der Waals surface area contributed by atoms with Crippen LogP contribution in [0.3, 0.4) is 0 Å². The highest BCUT2D eigenvalue weighted by atomic mass is 32.2. The summed E-state index contributed by atoms with van der Waals surface area (Å²) in [6, 6.07) is 6.11. The lowest BCUT2D eigenvalue weighted by atomic mass is 9.94. The lowest BCUT2D eigenvalue weighted by molar-refractivity contribution is -0.139. The highest BCUT2D eigenvalue weighted by Gasteiger charge is 2.32. The standard InChI is InChI=1S/C18H26N2O4S/c1-14(21)15-7-5-8-16(13-15)25(23,24)20-10-6-9-19(11-12-20)17(22)18(2,3)4/h5,7-8,13H,6,9-12H2,1-4H3. The van der Waals surface area contributed by atoms with E-state index in [1.165, 1.54) is 23.4 Å². The Morgan fingerprint density at radius 1 is 1.04 bits per heavy atom. The smallest absolute Gasteiger partial charge is 0.243 e. The van der Waals surface area contributed by atoms with Crippen molar-refractivity contribution in [2.75, 3.05) is 26.2 Å². The number of rotatable bonds is 3. The molecule has 0 N–H and O–H groups in total. The van der Waals surface area contributed by atoms with E-state index in [9.17, 15) is 18.0 Å². The fourth-order valence-electron chi connectivity index (χ4n) is 2.84. The molecule has 0 bridgehead atoms. The summed E-state index contributed by atoms with van der Waals surface area (Å²) in [6.07, 6.45) is 0.591. The van der Waals surface area contributed by atoms with Crippen LogP contribution < -0.4 is 0 Å². The third-order valence-corrected chi connectivity index (χ3v) is 6.16. The van der Waals surface area contributed by atoms with Crippen molar-refractivity contribution in [2.24, 2.45) is 5.41 Å². The number of benzene rings is 1. The van der Waals surface area contributed by atoms with E-state index in [0.29, 0.717) is 31.6 Å². The van der Waals surface area contributed by atoms with Crippen molar-refractivity contribution < 1.29 is 18.0 Å². The number of carbonyl (C=O) groups excluding carboxylic acids is 2. The minimum absolute atomic E-state index is 0.0327. The van der Waals surface area contributed by atoms with Crippen LogP contribution >= 0.6 is 0 Å². The maximum Gasteiger partial charge on any atom is 0.243 e. The number of Topliss-reactive ketones (excluding diaryl/α,β-unsaturated/α-hetero) is 1. The van der Waals surface area contributed by atoms with Crippen LogP contribution in [0.2, 0.25) is 0 Å². The van der Waals surface area contributed by atoms with Gasteiger partial charge in [0.1, 0.15) is 0 Å². The number of hydrogen-bond acceptors (Lipinski definition) is 4. The zero-order valence-corrected chi connectivity index (χ0v) is 16.1. The van der Waals surface area contributed by atoms with Crippen LogP contribution in [0.1, 0.15) is 44.5 Å². The second-order valence-electron chi connectivity index (χ2n) is 7.38. The maximum atomic E-state index is 12.9. The van der Waals surface area contributed by atoms with Gasteiger partial charge in [0.15, 0.2) is 5.78 Å². The molecule has 7 heteroatoms. The average molecular weight is 366 g/mol. The van der Waals surface area contributed by atoms with Crippen LogP contribution in [-0.4, -0.2) is 55.5 Å². The van der Waals surface area contributed by atoms with E-state index in [1.807, 2.05) is 20.8 Å². The maximum absolute atomic E-state index is 12.9. The quantitative estimate of drug-likeness (QED) is 0.768. The van der Waals surface area contributed by atoms with Crippen LogP contribution in [0.25, 0.3) is 0 Å². The van der Waals surface area contributed by atoms with Gasteiger partial charge in [-0.3, -0.25) is 9.59 Å². The van der Waals surface area contributed by atoms with Crippen LogP contribution in [0, 0.1) is 5.41 Å². The van der Waals surface area contributed by atoms with Crippen molar-refractivity contribution in [2.45, 2.75) is 39.0 Å². The summed E-state index contributed by atoms with van der Waals surface area (Å²) in [4.78, 5) is 25.8. The minimum atomic E-state index is -3.68. The zero-order valence-electron chi connectivity index (χ0n) is 15.3. The van der Waals surface area contributed by atoms with E-state index in [0.717, 1.165) is 0 Å². The molecule has 1 aromatic carbocycles. The third-order valence-electron chi connectivity index (χ3n) is 4.26. The normalized spacial score (nSPS) is 17.2. The van der Waals surface area contributed by atoms with Gasteiger partial charge in [-0.25, -0.2) is 8.42 Å². The molecule has 6 nitrogen and oxygen atoms in total. The van der Waals surface area contributed by atoms with Gasteiger partial charge < -0.3 is 4.90 Å². The summed E-state index contributed by atoms with van der Waals surface area (Å²) in [5, 5.41) is 0. The molecule has 1 aliphatic heterocycles. The zero-order chi connectivity index (χ0) is 18.8. The average Bonchev–Trinajstić information content (AvgIpc) is 2.79. The van der Waals surface area contributed by atoms with E-state index in [2.05, 4.69) is 0 Å². The summed E-state index contributed by atoms with van der Waals surface area (Å²) in [5.41, 5.74) is -0.107. The van der Waals surface area contributed by atoms with Crippen molar-refractivity contribution >= 4 is 21.7 Å². The molecule has 1 aromatic rings. The number of sulfonamides is 1. The molecule has 1 heterocycles. The highest BCUT2D eigenvalue weighted by molar-refractivity contribution is 7.89. The SMILES string of the molecule is CC(=O)c1cccc(S(=O)(=O)N2CCCN(C(=O)C(C)(C)C)CC2)c1. The molecule has 25 heavy (non-hydrogen) atoms. The van der Waals surface area contributed by atoms with E-state index >= 15 is 0 Å². The highest BCUT2D eigenvalue weighted by Crippen LogP contribution is 2.22. The Balaban J connectivity index is 2.20. The predicted molar refractivity (Wildman–Crippen MR) is 95.9 cm³/mol. The van der Waals surface area contributed by atoms with E-state index in [4.69, 9.17) is 0 Å². The van der Waals surface area contributed by atoms with Crippen LogP contribution in [-0.2, 0) is 14.8 Å². The molecule has 138 valence electrons. The molecular weight excluding hydrogens is 340 g/mol. The first-order chi connectivity index (χ1) is 11.5. The monoisotopic (exact) mass is 366 g/mol. The fourth-order valence-corrected chi connectivity index (χ4v) is 4.35. The van der Waals surface area contributed by atoms with Gasteiger partial charge >= 0.3 is 0 Å². The molecule has 0 aromatic heterocycles. The number of amides is 1. The topological polar surface area (TPSA) is 74.8 Å². The fraction of sp³-hybridized carbons (Fsp3) is 0.556. The van der Waals surface area contributed by atoms with E-state index in [-0.39, 0.29) is 23.1 Å². The van der Waals surface area contributed by atoms with Gasteiger partial charge in [0.25, 0.3) is 0 Å². The first kappa shape index (κ1) is 19.6. The second-order valence-corrected chi connectivity index (χ2v) is 9.32. The van der Waals surface area contributed by atoms with Gasteiger partial charge in [-0.15, -0.1) is 0 Å². The van der Waals surface area contributed by atoms with Crippen molar-refractivity contribution in [1.82, 2.24) is 9.21 Å². The number of nitrogens with zero attached hydrogens (tertiary/aromatic N) is 2. The van der Waals surface area contributed by atoms with Crippen molar-refractivity contribution in [1.29, 1.82) is 0 Å². The Kier molecular flexibility index (Phi) is 5.68. The molecular formula is C18H26N2O4S. The molecule has 0 aliphatic carbocycles. The Bertz CT molecular complexity index is 766. The van der Waals surface area contributed by atoms with Gasteiger partial charge in [-0.2, -0.15) is 4.31 Å². The molecule has 2 rings (SSSR count). The van der Waals surface area contributed by atoms with Crippen LogP contribution in [0.15, 0.2) is 29.2 Å². The third kappa shape index (κ3) is 4.46. The van der Waals surface area contributed by atoms with Crippen LogP contribution in [0.5, 0.6) is 0 Å². The van der Waals surface area contributed by atoms with Crippen molar-refractivity contribution in [3.8, 4) is 0 Å². The molecule has 1 aliphatic rings. The first-order valence-corrected chi connectivity index (χ1v) is 9.88. The Morgan fingerprint density at radius 3 is 2.32 bits per heavy atom. The Hall–Kier alpha value is -1.73. The van der Waals surface area contributed by atoms with Gasteiger partial charge in [0.05, 0.1) is 4.90 Å². The molecule has 0 radical (unpaired) electrons. The Labute approximate surface area is 149 Å². The lowest BCUT2D eigenvalue weighted by Gasteiger charge is -2.28. The molecule has 0 saturated carbocycles. The number of carbonyl (C=O) groups is 2. The summed E-state index contributed by atoms with van der Waals surface area (Å²) in [6.45, 7) is 8.55. The molecule has 0 spiro atoms. The molecule has 0 atom stereocenters. The minimum Gasteiger partial charge on any atom is -0.341 e. The summed E-state index contributed by atoms with van der Waals surface area (Å²) in [7, 11) is -3.68. The molecule has 0 unspecified atom stereocenters. The van der Waals surface area contributed by atoms with Crippen molar-refractivity contribution in [3.63, 3.8) is 0 Å². The summed E-state index contributed by atoms with van der Waals surface area (Å²) >= 11 is 0. The number of ketones is 1. The van der Waals surface area contributed by atoms with E-state index < -0.39 is 15.4 Å². The first-order valence-electron chi connectivity index (χ1n) is 8.44. The van der Waals surface area contributed by atoms with Crippen LogP contribution in [0.4, 0.5) is 0 Å². The van der Waals surface area contributed by atoms with Gasteiger partial charge in [-0.1, -0.05) is 32.9 Å². The largest absolute Gasteiger partial charge is 0.341 e. The van der Waals surface area contributed by atoms with E-state index in [1.54, 1.807) is 17.0 Å². The second kappa shape index (κ2) is 7.25. The molecule has 1 amide bonds. The summed E-state index contributed by atoms with van der Waals surface area (Å²) in [5.74, 6) is -0.139. The predicted octanol–water partition coefficient (Wildman–Crippen LogP) is 2.16. The Morgan fingerprint density at radius 2 is 1.72 bits per heavy atom. The van der Waals surface area contributed by atoms with Gasteiger partial charge in [0, 0.05) is 37.2 Å². The van der Waals surface area contributed by atoms with Gasteiger partial charge in [-0.05, 0) is 25.5 Å². The molecule has 1 fully saturated rings. The molecule has 1 saturated heterocycles. The van der Waals surface area contributed by atoms with Crippen molar-refractivity contribution in [3.05, 3.63) is 29.8 Å². The lowest BCUT2D eigenvalue weighted by Crippen LogP contribution is -2.42. The number of hydrogen-bond donors (Lipinski definition) is 0. The van der Waals surface area contributed by atoms with Gasteiger partial charge in [0.2, 0.25) is 15.9 Å². The summed E-state index contributed by atoms with van der Waals surface area (Å²) < 4.78 is 27.2.